The summed E-state index contributed by atoms with van der Waals surface area (Å²) in [4.78, 5) is 10.5. The maximum atomic E-state index is 10.5. The fraction of sp³-hybridized carbons (Fsp3) is 0.364. The number of nitrogens with one attached hydrogen (secondary N) is 1. The lowest BCUT2D eigenvalue weighted by Crippen LogP contribution is -2.17. The SMILES string of the molecule is Cc1cc(CCC(=O)O)cc2c1NN(O)C2. The molecule has 0 bridgehead atoms. The number of aryl methyl sites for hydroxylation is 2. The fourth-order valence-corrected chi connectivity index (χ4v) is 1.95. The molecule has 5 nitrogen and oxygen atoms in total. The van der Waals surface area contributed by atoms with Crippen LogP contribution >= 0.6 is 0 Å². The molecule has 16 heavy (non-hydrogen) atoms. The average Bonchev–Trinajstić information content (AvgIpc) is 2.56. The third-order valence-corrected chi connectivity index (χ3v) is 2.67. The Morgan fingerprint density at radius 2 is 2.31 bits per heavy atom. The minimum absolute atomic E-state index is 0.133. The molecule has 3 N–H and O–H groups in total. The number of hydrogen-bond acceptors (Lipinski definition) is 4. The summed E-state index contributed by atoms with van der Waals surface area (Å²) >= 11 is 0. The minimum atomic E-state index is -0.792. The van der Waals surface area contributed by atoms with Crippen molar-refractivity contribution in [2.45, 2.75) is 26.3 Å². The van der Waals surface area contributed by atoms with Crippen LogP contribution in [0.1, 0.15) is 23.1 Å². The van der Waals surface area contributed by atoms with E-state index in [0.717, 1.165) is 27.5 Å². The number of carbonyl (C=O) groups is 1. The van der Waals surface area contributed by atoms with Gasteiger partial charge in [-0.3, -0.25) is 15.4 Å². The van der Waals surface area contributed by atoms with Crippen molar-refractivity contribution in [1.82, 2.24) is 5.17 Å². The molecule has 0 spiro atoms. The zero-order valence-corrected chi connectivity index (χ0v) is 9.03. The van der Waals surface area contributed by atoms with Crippen LogP contribution in [0.2, 0.25) is 0 Å². The molecule has 0 aliphatic carbocycles. The minimum Gasteiger partial charge on any atom is -0.481 e. The van der Waals surface area contributed by atoms with Gasteiger partial charge in [-0.05, 0) is 30.0 Å². The number of carboxylic acid groups (broad SMARTS) is 1. The van der Waals surface area contributed by atoms with Crippen LogP contribution in [0.4, 0.5) is 5.69 Å². The van der Waals surface area contributed by atoms with Crippen molar-refractivity contribution in [1.29, 1.82) is 0 Å². The van der Waals surface area contributed by atoms with E-state index in [-0.39, 0.29) is 6.42 Å². The van der Waals surface area contributed by atoms with E-state index < -0.39 is 5.97 Å². The molecule has 1 aromatic rings. The van der Waals surface area contributed by atoms with Gasteiger partial charge in [0.25, 0.3) is 0 Å². The van der Waals surface area contributed by atoms with Gasteiger partial charge in [0.1, 0.15) is 0 Å². The van der Waals surface area contributed by atoms with Gasteiger partial charge in [0.15, 0.2) is 0 Å². The van der Waals surface area contributed by atoms with Crippen molar-refractivity contribution in [2.24, 2.45) is 0 Å². The third-order valence-electron chi connectivity index (χ3n) is 2.67. The highest BCUT2D eigenvalue weighted by Crippen LogP contribution is 2.29. The van der Waals surface area contributed by atoms with Gasteiger partial charge in [-0.1, -0.05) is 12.1 Å². The topological polar surface area (TPSA) is 72.8 Å². The maximum Gasteiger partial charge on any atom is 0.303 e. The van der Waals surface area contributed by atoms with Gasteiger partial charge in [-0.25, -0.2) is 0 Å². The zero-order valence-electron chi connectivity index (χ0n) is 9.03. The van der Waals surface area contributed by atoms with Gasteiger partial charge in [-0.15, -0.1) is 5.17 Å². The number of carboxylic acids is 1. The number of hydrogen-bond donors (Lipinski definition) is 3. The van der Waals surface area contributed by atoms with Gasteiger partial charge in [0.2, 0.25) is 0 Å². The predicted octanol–water partition coefficient (Wildman–Crippen LogP) is 1.54. The number of hydrazine groups is 1. The lowest BCUT2D eigenvalue weighted by atomic mass is 10.0. The second kappa shape index (κ2) is 4.11. The maximum absolute atomic E-state index is 10.5. The highest BCUT2D eigenvalue weighted by atomic mass is 16.5. The van der Waals surface area contributed by atoms with Crippen LogP contribution in [0.25, 0.3) is 0 Å². The molecule has 0 saturated carbocycles. The van der Waals surface area contributed by atoms with Crippen LogP contribution < -0.4 is 5.43 Å². The number of nitrogens with zero attached hydrogens (tertiary/aromatic N) is 1. The molecular weight excluding hydrogens is 208 g/mol. The smallest absolute Gasteiger partial charge is 0.303 e. The fourth-order valence-electron chi connectivity index (χ4n) is 1.95. The van der Waals surface area contributed by atoms with Crippen LogP contribution in [0.3, 0.4) is 0 Å². The summed E-state index contributed by atoms with van der Waals surface area (Å²) in [6.45, 7) is 2.37. The molecule has 1 aliphatic heterocycles. The Morgan fingerprint density at radius 3 is 3.00 bits per heavy atom. The van der Waals surface area contributed by atoms with Crippen LogP contribution in [0.5, 0.6) is 0 Å². The summed E-state index contributed by atoms with van der Waals surface area (Å²) in [5, 5.41) is 19.0. The number of aliphatic carboxylic acids is 1. The van der Waals surface area contributed by atoms with Crippen molar-refractivity contribution in [3.63, 3.8) is 0 Å². The molecule has 0 aromatic heterocycles. The van der Waals surface area contributed by atoms with Gasteiger partial charge in [0, 0.05) is 6.42 Å². The second-order valence-corrected chi connectivity index (χ2v) is 4.01. The standard InChI is InChI=1S/C11H14N2O3/c1-7-4-8(2-3-10(14)15)5-9-6-13(16)12-11(7)9/h4-5,12,16H,2-3,6H2,1H3,(H,14,15). The van der Waals surface area contributed by atoms with Crippen LogP contribution in [-0.4, -0.2) is 21.5 Å². The molecule has 0 saturated heterocycles. The highest BCUT2D eigenvalue weighted by molar-refractivity contribution is 5.67. The van der Waals surface area contributed by atoms with Crippen molar-refractivity contribution in [3.05, 3.63) is 28.8 Å². The number of anilines is 1. The van der Waals surface area contributed by atoms with Gasteiger partial charge in [0.05, 0.1) is 12.2 Å². The molecule has 1 heterocycles. The second-order valence-electron chi connectivity index (χ2n) is 4.01. The van der Waals surface area contributed by atoms with E-state index in [1.165, 1.54) is 0 Å². The first-order valence-corrected chi connectivity index (χ1v) is 5.13. The molecule has 0 radical (unpaired) electrons. The molecule has 2 rings (SSSR count). The van der Waals surface area contributed by atoms with Gasteiger partial charge >= 0.3 is 5.97 Å². The number of rotatable bonds is 3. The summed E-state index contributed by atoms with van der Waals surface area (Å²) < 4.78 is 0. The van der Waals surface area contributed by atoms with E-state index in [4.69, 9.17) is 5.11 Å². The van der Waals surface area contributed by atoms with Crippen molar-refractivity contribution in [3.8, 4) is 0 Å². The molecule has 1 aromatic carbocycles. The molecule has 5 heteroatoms. The number of benzene rings is 1. The van der Waals surface area contributed by atoms with Crippen LogP contribution in [-0.2, 0) is 17.8 Å². The van der Waals surface area contributed by atoms with E-state index in [1.54, 1.807) is 0 Å². The average molecular weight is 222 g/mol. The van der Waals surface area contributed by atoms with Crippen molar-refractivity contribution >= 4 is 11.7 Å². The highest BCUT2D eigenvalue weighted by Gasteiger charge is 2.19. The first-order valence-electron chi connectivity index (χ1n) is 5.13. The van der Waals surface area contributed by atoms with Crippen LogP contribution in [0.15, 0.2) is 12.1 Å². The molecule has 0 unspecified atom stereocenters. The van der Waals surface area contributed by atoms with E-state index >= 15 is 0 Å². The first-order chi connectivity index (χ1) is 7.56. The van der Waals surface area contributed by atoms with E-state index in [0.29, 0.717) is 13.0 Å². The predicted molar refractivity (Wildman–Crippen MR) is 58.1 cm³/mol. The van der Waals surface area contributed by atoms with Crippen LogP contribution in [0, 0.1) is 6.92 Å². The number of hydroxylamine groups is 1. The molecule has 1 aliphatic rings. The largest absolute Gasteiger partial charge is 0.481 e. The molecule has 0 fully saturated rings. The number of fused-ring (bicyclic) bond motifs is 1. The molecule has 86 valence electrons. The monoisotopic (exact) mass is 222 g/mol. The van der Waals surface area contributed by atoms with Crippen molar-refractivity contribution in [2.75, 3.05) is 5.43 Å². The molecular formula is C11H14N2O3. The Bertz CT molecular complexity index is 431. The summed E-state index contributed by atoms with van der Waals surface area (Å²) in [6, 6.07) is 3.89. The molecule has 0 atom stereocenters. The lowest BCUT2D eigenvalue weighted by molar-refractivity contribution is -0.136. The Kier molecular flexibility index (Phi) is 2.80. The van der Waals surface area contributed by atoms with E-state index in [9.17, 15) is 10.0 Å². The normalized spacial score (nSPS) is 14.6. The Labute approximate surface area is 93.2 Å². The summed E-state index contributed by atoms with van der Waals surface area (Å²) in [5.41, 5.74) is 6.77. The van der Waals surface area contributed by atoms with E-state index in [1.807, 2.05) is 19.1 Å². The Balaban J connectivity index is 2.21. The molecule has 0 amide bonds. The first kappa shape index (κ1) is 10.9. The third kappa shape index (κ3) is 2.15. The Hall–Kier alpha value is -1.59. The Morgan fingerprint density at radius 1 is 1.56 bits per heavy atom. The quantitative estimate of drug-likeness (QED) is 0.723. The van der Waals surface area contributed by atoms with Gasteiger partial charge in [-0.2, -0.15) is 0 Å². The summed E-state index contributed by atoms with van der Waals surface area (Å²) in [7, 11) is 0. The lowest BCUT2D eigenvalue weighted by Gasteiger charge is -2.08. The summed E-state index contributed by atoms with van der Waals surface area (Å²) in [5.74, 6) is -0.792. The van der Waals surface area contributed by atoms with E-state index in [2.05, 4.69) is 5.43 Å². The van der Waals surface area contributed by atoms with Gasteiger partial charge < -0.3 is 5.11 Å². The summed E-state index contributed by atoms with van der Waals surface area (Å²) in [6.07, 6.45) is 0.656. The zero-order chi connectivity index (χ0) is 11.7. The van der Waals surface area contributed by atoms with Crippen molar-refractivity contribution < 1.29 is 15.1 Å².